The first-order valence-corrected chi connectivity index (χ1v) is 11.4. The van der Waals surface area contributed by atoms with Crippen LogP contribution in [0.25, 0.3) is 0 Å². The number of amides is 2. The fraction of sp³-hybridized carbons (Fsp3) is 0.423. The lowest BCUT2D eigenvalue weighted by Crippen LogP contribution is -2.51. The Balaban J connectivity index is 1.22. The maximum atomic E-state index is 13.2. The molecule has 4 aliphatic carbocycles. The van der Waals surface area contributed by atoms with E-state index in [0.717, 1.165) is 42.7 Å². The van der Waals surface area contributed by atoms with E-state index >= 15 is 0 Å². The van der Waals surface area contributed by atoms with Gasteiger partial charge in [0.25, 0.3) is 5.91 Å². The van der Waals surface area contributed by atoms with Crippen molar-refractivity contribution in [3.63, 3.8) is 0 Å². The summed E-state index contributed by atoms with van der Waals surface area (Å²) in [6, 6.07) is 13.7. The summed E-state index contributed by atoms with van der Waals surface area (Å²) in [5.74, 6) is 1.93. The Bertz CT molecular complexity index is 1020. The number of hydrogen-bond donors (Lipinski definition) is 2. The highest BCUT2D eigenvalue weighted by atomic mass is 16.5. The number of nitrogens with one attached hydrogen (secondary N) is 2. The molecule has 6 nitrogen and oxygen atoms in total. The third-order valence-corrected chi connectivity index (χ3v) is 7.28. The minimum atomic E-state index is -0.436. The van der Waals surface area contributed by atoms with E-state index in [-0.39, 0.29) is 17.2 Å². The SMILES string of the molecule is CC(=O)Oc1cccc(C(=O)Nc2ccc(NC(=O)C34CC5CC(CC(C5)C3)C4)cc2)c1. The second-order valence-electron chi connectivity index (χ2n) is 9.80. The van der Waals surface area contributed by atoms with Gasteiger partial charge in [-0.3, -0.25) is 14.4 Å². The Morgan fingerprint density at radius 2 is 1.41 bits per heavy atom. The van der Waals surface area contributed by atoms with E-state index in [9.17, 15) is 14.4 Å². The Morgan fingerprint density at radius 1 is 0.844 bits per heavy atom. The van der Waals surface area contributed by atoms with Crippen LogP contribution in [0.5, 0.6) is 5.75 Å². The van der Waals surface area contributed by atoms with E-state index in [1.807, 2.05) is 12.1 Å². The van der Waals surface area contributed by atoms with E-state index < -0.39 is 5.97 Å². The van der Waals surface area contributed by atoms with Gasteiger partial charge in [-0.25, -0.2) is 0 Å². The number of carbonyl (C=O) groups excluding carboxylic acids is 3. The molecule has 6 heteroatoms. The van der Waals surface area contributed by atoms with Crippen molar-refractivity contribution in [2.45, 2.75) is 45.4 Å². The summed E-state index contributed by atoms with van der Waals surface area (Å²) in [4.78, 5) is 36.9. The molecule has 2 aromatic rings. The molecule has 166 valence electrons. The number of rotatable bonds is 5. The number of anilines is 2. The fourth-order valence-corrected chi connectivity index (χ4v) is 6.36. The molecule has 0 unspecified atom stereocenters. The normalized spacial score (nSPS) is 27.6. The average molecular weight is 433 g/mol. The number of hydrogen-bond acceptors (Lipinski definition) is 4. The molecule has 4 aliphatic rings. The van der Waals surface area contributed by atoms with Crippen LogP contribution in [0.3, 0.4) is 0 Å². The molecule has 0 atom stereocenters. The Labute approximate surface area is 187 Å². The second-order valence-corrected chi connectivity index (χ2v) is 9.80. The summed E-state index contributed by atoms with van der Waals surface area (Å²) >= 11 is 0. The summed E-state index contributed by atoms with van der Waals surface area (Å²) in [5.41, 5.74) is 1.58. The van der Waals surface area contributed by atoms with Crippen LogP contribution in [0.4, 0.5) is 11.4 Å². The monoisotopic (exact) mass is 432 g/mol. The number of esters is 1. The van der Waals surface area contributed by atoms with Gasteiger partial charge in [0, 0.05) is 23.9 Å². The molecule has 4 saturated carbocycles. The highest BCUT2D eigenvalue weighted by Gasteiger charge is 2.54. The standard InChI is InChI=1S/C26H28N2O4/c1-16(29)32-23-4-2-3-20(12-23)24(30)27-21-5-7-22(8-6-21)28-25(31)26-13-17-9-18(14-26)11-19(10-17)15-26/h2-8,12,17-19H,9-11,13-15H2,1H3,(H,27,30)(H,28,31). The number of benzene rings is 2. The van der Waals surface area contributed by atoms with Crippen LogP contribution < -0.4 is 15.4 Å². The topological polar surface area (TPSA) is 84.5 Å². The number of carbonyl (C=O) groups is 3. The van der Waals surface area contributed by atoms with Crippen LogP contribution in [0.2, 0.25) is 0 Å². The quantitative estimate of drug-likeness (QED) is 0.513. The van der Waals surface area contributed by atoms with Gasteiger partial charge >= 0.3 is 5.97 Å². The Morgan fingerprint density at radius 3 is 1.97 bits per heavy atom. The molecule has 0 heterocycles. The summed E-state index contributed by atoms with van der Waals surface area (Å²) in [7, 11) is 0. The molecular weight excluding hydrogens is 404 g/mol. The highest BCUT2D eigenvalue weighted by Crippen LogP contribution is 2.60. The van der Waals surface area contributed by atoms with Gasteiger partial charge in [-0.05, 0) is 98.7 Å². The van der Waals surface area contributed by atoms with Crippen LogP contribution in [0, 0.1) is 23.2 Å². The summed E-state index contributed by atoms with van der Waals surface area (Å²) < 4.78 is 5.04. The molecule has 4 fully saturated rings. The van der Waals surface area contributed by atoms with Gasteiger partial charge in [0.1, 0.15) is 5.75 Å². The first-order chi connectivity index (χ1) is 15.4. The fourth-order valence-electron chi connectivity index (χ4n) is 6.36. The maximum absolute atomic E-state index is 13.2. The lowest BCUT2D eigenvalue weighted by atomic mass is 9.49. The summed E-state index contributed by atoms with van der Waals surface area (Å²) in [5, 5.41) is 5.97. The Kier molecular flexibility index (Phi) is 5.24. The van der Waals surface area contributed by atoms with Gasteiger partial charge < -0.3 is 15.4 Å². The van der Waals surface area contributed by atoms with E-state index in [4.69, 9.17) is 4.74 Å². The molecule has 32 heavy (non-hydrogen) atoms. The lowest BCUT2D eigenvalue weighted by molar-refractivity contribution is -0.140. The zero-order chi connectivity index (χ0) is 22.3. The molecule has 0 aromatic heterocycles. The minimum Gasteiger partial charge on any atom is -0.427 e. The molecule has 2 amide bonds. The first-order valence-electron chi connectivity index (χ1n) is 11.4. The van der Waals surface area contributed by atoms with E-state index in [2.05, 4.69) is 10.6 Å². The van der Waals surface area contributed by atoms with Crippen LogP contribution in [0.1, 0.15) is 55.8 Å². The van der Waals surface area contributed by atoms with Crippen molar-refractivity contribution in [3.8, 4) is 5.75 Å². The van der Waals surface area contributed by atoms with Gasteiger partial charge in [0.15, 0.2) is 0 Å². The molecule has 0 saturated heterocycles. The molecule has 0 spiro atoms. The van der Waals surface area contributed by atoms with Crippen molar-refractivity contribution in [1.29, 1.82) is 0 Å². The number of ether oxygens (including phenoxy) is 1. The van der Waals surface area contributed by atoms with Crippen LogP contribution in [-0.4, -0.2) is 17.8 Å². The van der Waals surface area contributed by atoms with Crippen molar-refractivity contribution in [2.24, 2.45) is 23.2 Å². The Hall–Kier alpha value is -3.15. The third-order valence-electron chi connectivity index (χ3n) is 7.28. The van der Waals surface area contributed by atoms with Gasteiger partial charge in [-0.2, -0.15) is 0 Å². The molecule has 0 aliphatic heterocycles. The van der Waals surface area contributed by atoms with Crippen molar-refractivity contribution < 1.29 is 19.1 Å². The maximum Gasteiger partial charge on any atom is 0.308 e. The highest BCUT2D eigenvalue weighted by molar-refractivity contribution is 6.04. The van der Waals surface area contributed by atoms with Crippen molar-refractivity contribution in [1.82, 2.24) is 0 Å². The first kappa shape index (κ1) is 20.7. The predicted octanol–water partition coefficient (Wildman–Crippen LogP) is 5.02. The van der Waals surface area contributed by atoms with Gasteiger partial charge in [-0.1, -0.05) is 6.07 Å². The molecule has 4 bridgehead atoms. The largest absolute Gasteiger partial charge is 0.427 e. The molecular formula is C26H28N2O4. The van der Waals surface area contributed by atoms with Gasteiger partial charge in [0.2, 0.25) is 5.91 Å². The molecule has 2 N–H and O–H groups in total. The predicted molar refractivity (Wildman–Crippen MR) is 121 cm³/mol. The average Bonchev–Trinajstić information content (AvgIpc) is 2.74. The van der Waals surface area contributed by atoms with Crippen LogP contribution in [-0.2, 0) is 9.59 Å². The zero-order valence-electron chi connectivity index (χ0n) is 18.2. The van der Waals surface area contributed by atoms with Crippen molar-refractivity contribution in [2.75, 3.05) is 10.6 Å². The second kappa shape index (κ2) is 8.08. The van der Waals surface area contributed by atoms with Gasteiger partial charge in [-0.15, -0.1) is 0 Å². The minimum absolute atomic E-state index is 0.163. The van der Waals surface area contributed by atoms with E-state index in [0.29, 0.717) is 17.0 Å². The summed E-state index contributed by atoms with van der Waals surface area (Å²) in [6.07, 6.45) is 7.03. The smallest absolute Gasteiger partial charge is 0.308 e. The van der Waals surface area contributed by atoms with E-state index in [1.54, 1.807) is 30.3 Å². The lowest BCUT2D eigenvalue weighted by Gasteiger charge is -2.55. The molecule has 2 aromatic carbocycles. The van der Waals surface area contributed by atoms with E-state index in [1.165, 1.54) is 32.3 Å². The zero-order valence-corrected chi connectivity index (χ0v) is 18.2. The van der Waals surface area contributed by atoms with Crippen LogP contribution in [0.15, 0.2) is 48.5 Å². The van der Waals surface area contributed by atoms with Crippen molar-refractivity contribution >= 4 is 29.2 Å². The van der Waals surface area contributed by atoms with Crippen LogP contribution >= 0.6 is 0 Å². The third kappa shape index (κ3) is 4.14. The summed E-state index contributed by atoms with van der Waals surface area (Å²) in [6.45, 7) is 1.32. The van der Waals surface area contributed by atoms with Crippen molar-refractivity contribution in [3.05, 3.63) is 54.1 Å². The molecule has 6 rings (SSSR count). The molecule has 0 radical (unpaired) electrons. The van der Waals surface area contributed by atoms with Gasteiger partial charge in [0.05, 0.1) is 5.41 Å².